The molecule has 2 aromatic rings. The lowest BCUT2D eigenvalue weighted by Crippen LogP contribution is -1.96. The lowest BCUT2D eigenvalue weighted by Gasteiger charge is -1.99. The molecule has 0 atom stereocenters. The minimum atomic E-state index is -4.25. The van der Waals surface area contributed by atoms with Gasteiger partial charge in [0.2, 0.25) is 0 Å². The van der Waals surface area contributed by atoms with Gasteiger partial charge in [-0.15, -0.1) is 5.11 Å². The molecule has 0 heterocycles. The zero-order chi connectivity index (χ0) is 16.2. The molecule has 0 aromatic heterocycles. The molecular formula is C13H9N3O4S2. The summed E-state index contributed by atoms with van der Waals surface area (Å²) in [6.45, 7) is 0. The monoisotopic (exact) mass is 335 g/mol. The van der Waals surface area contributed by atoms with Crippen LogP contribution >= 0.6 is 12.2 Å². The largest absolute Gasteiger partial charge is 0.506 e. The Morgan fingerprint density at radius 1 is 1.00 bits per heavy atom. The Morgan fingerprint density at radius 3 is 2.23 bits per heavy atom. The van der Waals surface area contributed by atoms with Crippen LogP contribution in [0, 0.1) is 0 Å². The van der Waals surface area contributed by atoms with Crippen molar-refractivity contribution < 1.29 is 18.1 Å². The second kappa shape index (κ2) is 6.54. The van der Waals surface area contributed by atoms with Gasteiger partial charge in [0, 0.05) is 0 Å². The Kier molecular flexibility index (Phi) is 4.74. The summed E-state index contributed by atoms with van der Waals surface area (Å²) in [6, 6.07) is 9.50. The van der Waals surface area contributed by atoms with Gasteiger partial charge in [-0.1, -0.05) is 0 Å². The standard InChI is InChI=1S/C13H9N3O4S2/c17-13-6-3-10(14-8-21)7-12(13)16-15-9-1-4-11(5-2-9)22(18,19)20/h1-7,17H,(H,18,19,20). The number of benzene rings is 2. The predicted molar refractivity (Wildman–Crippen MR) is 83.2 cm³/mol. The van der Waals surface area contributed by atoms with Crippen molar-refractivity contribution in [2.75, 3.05) is 0 Å². The van der Waals surface area contributed by atoms with Crippen LogP contribution in [0.15, 0.2) is 62.6 Å². The fourth-order valence-electron chi connectivity index (χ4n) is 1.51. The first-order valence-corrected chi connectivity index (χ1v) is 7.65. The fourth-order valence-corrected chi connectivity index (χ4v) is 2.10. The quantitative estimate of drug-likeness (QED) is 0.382. The minimum Gasteiger partial charge on any atom is -0.506 e. The molecule has 0 bridgehead atoms. The molecule has 22 heavy (non-hydrogen) atoms. The molecule has 0 aliphatic carbocycles. The van der Waals surface area contributed by atoms with E-state index in [1.165, 1.54) is 42.5 Å². The molecule has 0 fully saturated rings. The van der Waals surface area contributed by atoms with Crippen LogP contribution in [0.1, 0.15) is 0 Å². The number of phenols is 1. The second-order valence-electron chi connectivity index (χ2n) is 4.05. The van der Waals surface area contributed by atoms with Crippen LogP contribution in [0.2, 0.25) is 0 Å². The van der Waals surface area contributed by atoms with Gasteiger partial charge in [-0.25, -0.2) is 0 Å². The number of rotatable bonds is 4. The first-order chi connectivity index (χ1) is 10.4. The van der Waals surface area contributed by atoms with Crippen LogP contribution in [-0.2, 0) is 10.1 Å². The molecule has 112 valence electrons. The van der Waals surface area contributed by atoms with Gasteiger partial charge in [0.1, 0.15) is 11.4 Å². The third kappa shape index (κ3) is 4.03. The van der Waals surface area contributed by atoms with E-state index in [1.807, 2.05) is 0 Å². The summed E-state index contributed by atoms with van der Waals surface area (Å²) in [7, 11) is -4.25. The molecule has 9 heteroatoms. The molecule has 2 N–H and O–H groups in total. The first-order valence-electron chi connectivity index (χ1n) is 5.80. The van der Waals surface area contributed by atoms with E-state index >= 15 is 0 Å². The first kappa shape index (κ1) is 15.9. The van der Waals surface area contributed by atoms with Crippen LogP contribution in [0.4, 0.5) is 17.1 Å². The fraction of sp³-hybridized carbons (Fsp3) is 0. The zero-order valence-corrected chi connectivity index (χ0v) is 12.5. The van der Waals surface area contributed by atoms with Gasteiger partial charge >= 0.3 is 0 Å². The number of nitrogens with zero attached hydrogens (tertiary/aromatic N) is 3. The number of hydrogen-bond donors (Lipinski definition) is 2. The number of aromatic hydroxyl groups is 1. The molecule has 2 aromatic carbocycles. The maximum Gasteiger partial charge on any atom is 0.294 e. The Hall–Kier alpha value is -2.45. The van der Waals surface area contributed by atoms with Crippen molar-refractivity contribution in [1.29, 1.82) is 0 Å². The average molecular weight is 335 g/mol. The van der Waals surface area contributed by atoms with Gasteiger partial charge in [0.25, 0.3) is 10.1 Å². The molecule has 0 saturated carbocycles. The van der Waals surface area contributed by atoms with Crippen LogP contribution in [0.5, 0.6) is 5.75 Å². The molecule has 0 amide bonds. The van der Waals surface area contributed by atoms with E-state index < -0.39 is 10.1 Å². The number of thiocarbonyl (C=S) groups is 1. The number of phenolic OH excluding ortho intramolecular Hbond substituents is 1. The lowest BCUT2D eigenvalue weighted by molar-refractivity contribution is 0.476. The molecule has 0 aliphatic heterocycles. The molecule has 0 unspecified atom stereocenters. The molecule has 2 rings (SSSR count). The smallest absolute Gasteiger partial charge is 0.294 e. The van der Waals surface area contributed by atoms with Gasteiger partial charge in [0.15, 0.2) is 0 Å². The SMILES string of the molecule is O=S(=O)(O)c1ccc(N=Nc2cc(N=C=S)ccc2O)cc1. The number of aliphatic imine (C=N–C) groups is 1. The van der Waals surface area contributed by atoms with Crippen molar-refractivity contribution in [1.82, 2.24) is 0 Å². The molecule has 7 nitrogen and oxygen atoms in total. The van der Waals surface area contributed by atoms with Gasteiger partial charge in [-0.2, -0.15) is 18.5 Å². The third-order valence-corrected chi connectivity index (χ3v) is 3.50. The lowest BCUT2D eigenvalue weighted by atomic mass is 10.2. The molecule has 0 radical (unpaired) electrons. The average Bonchev–Trinajstić information content (AvgIpc) is 2.47. The van der Waals surface area contributed by atoms with Crippen molar-refractivity contribution in [2.24, 2.45) is 15.2 Å². The minimum absolute atomic E-state index is 0.0957. The Morgan fingerprint density at radius 2 is 1.64 bits per heavy atom. The molecule has 0 saturated heterocycles. The van der Waals surface area contributed by atoms with E-state index in [0.717, 1.165) is 0 Å². The Balaban J connectivity index is 2.28. The van der Waals surface area contributed by atoms with E-state index in [-0.39, 0.29) is 16.3 Å². The topological polar surface area (TPSA) is 112 Å². The molecular weight excluding hydrogens is 326 g/mol. The number of isothiocyanates is 1. The van der Waals surface area contributed by atoms with Crippen LogP contribution in [0.3, 0.4) is 0 Å². The molecule has 0 spiro atoms. The summed E-state index contributed by atoms with van der Waals surface area (Å²) < 4.78 is 30.7. The van der Waals surface area contributed by atoms with Crippen LogP contribution < -0.4 is 0 Å². The van der Waals surface area contributed by atoms with E-state index in [4.69, 9.17) is 4.55 Å². The summed E-state index contributed by atoms with van der Waals surface area (Å²) in [5.74, 6) is -0.0957. The highest BCUT2D eigenvalue weighted by Gasteiger charge is 2.08. The Bertz CT molecular complexity index is 871. The summed E-state index contributed by atoms with van der Waals surface area (Å²) >= 11 is 4.49. The van der Waals surface area contributed by atoms with Crippen molar-refractivity contribution in [2.45, 2.75) is 4.90 Å². The van der Waals surface area contributed by atoms with Crippen molar-refractivity contribution >= 4 is 44.6 Å². The maximum absolute atomic E-state index is 10.9. The van der Waals surface area contributed by atoms with Gasteiger partial charge in [-0.3, -0.25) is 4.55 Å². The van der Waals surface area contributed by atoms with Crippen molar-refractivity contribution in [3.8, 4) is 5.75 Å². The summed E-state index contributed by atoms with van der Waals surface area (Å²) in [5.41, 5.74) is 0.976. The Labute approximate surface area is 131 Å². The highest BCUT2D eigenvalue weighted by atomic mass is 32.2. The van der Waals surface area contributed by atoms with Gasteiger partial charge in [0.05, 0.1) is 21.4 Å². The predicted octanol–water partition coefficient (Wildman–Crippen LogP) is 3.79. The number of hydrogen-bond acceptors (Lipinski definition) is 7. The van der Waals surface area contributed by atoms with Crippen LogP contribution in [0.25, 0.3) is 0 Å². The highest BCUT2D eigenvalue weighted by molar-refractivity contribution is 7.85. The van der Waals surface area contributed by atoms with E-state index in [1.54, 1.807) is 0 Å². The summed E-state index contributed by atoms with van der Waals surface area (Å²) in [4.78, 5) is 3.52. The van der Waals surface area contributed by atoms with Gasteiger partial charge < -0.3 is 5.11 Å². The van der Waals surface area contributed by atoms with E-state index in [2.05, 4.69) is 32.6 Å². The van der Waals surface area contributed by atoms with E-state index in [9.17, 15) is 13.5 Å². The highest BCUT2D eigenvalue weighted by Crippen LogP contribution is 2.32. The van der Waals surface area contributed by atoms with Crippen molar-refractivity contribution in [3.05, 3.63) is 42.5 Å². The summed E-state index contributed by atoms with van der Waals surface area (Å²) in [5, 5.41) is 19.6. The van der Waals surface area contributed by atoms with Gasteiger partial charge in [-0.05, 0) is 54.7 Å². The second-order valence-corrected chi connectivity index (χ2v) is 5.65. The zero-order valence-electron chi connectivity index (χ0n) is 10.9. The number of azo groups is 1. The van der Waals surface area contributed by atoms with Crippen LogP contribution in [-0.4, -0.2) is 23.2 Å². The van der Waals surface area contributed by atoms with E-state index in [0.29, 0.717) is 11.4 Å². The normalized spacial score (nSPS) is 11.3. The third-order valence-electron chi connectivity index (χ3n) is 2.54. The maximum atomic E-state index is 10.9. The molecule has 0 aliphatic rings. The van der Waals surface area contributed by atoms with Crippen molar-refractivity contribution in [3.63, 3.8) is 0 Å². The summed E-state index contributed by atoms with van der Waals surface area (Å²) in [6.07, 6.45) is 0.